The van der Waals surface area contributed by atoms with Gasteiger partial charge in [0, 0.05) is 47.6 Å². The van der Waals surface area contributed by atoms with Crippen molar-refractivity contribution < 1.29 is 9.21 Å². The van der Waals surface area contributed by atoms with Crippen LogP contribution >= 0.6 is 28.1 Å². The molecule has 2 N–H and O–H groups in total. The third kappa shape index (κ3) is 5.56. The monoisotopic (exact) mass is 512 g/mol. The number of rotatable bonds is 5. The van der Waals surface area contributed by atoms with Gasteiger partial charge in [-0.25, -0.2) is 0 Å². The standard InChI is InChI=1S/C24H25BrN4O2S/c1-2-28-13-15-29(16-14-28)20-9-7-19(8-10-20)26-24(32)27-23(30)22-12-11-21(31-22)17-3-5-18(25)6-4-17/h3-12H,2,13-16H2,1H3,(H2,26,27,30,32). The highest BCUT2D eigenvalue weighted by Crippen LogP contribution is 2.24. The summed E-state index contributed by atoms with van der Waals surface area (Å²) in [6.07, 6.45) is 0. The van der Waals surface area contributed by atoms with Crippen LogP contribution in [0.1, 0.15) is 17.5 Å². The Morgan fingerprint density at radius 2 is 1.69 bits per heavy atom. The van der Waals surface area contributed by atoms with Crippen molar-refractivity contribution in [2.45, 2.75) is 6.92 Å². The van der Waals surface area contributed by atoms with Gasteiger partial charge in [0.05, 0.1) is 0 Å². The van der Waals surface area contributed by atoms with Crippen molar-refractivity contribution in [3.63, 3.8) is 0 Å². The predicted octanol–water partition coefficient (Wildman–Crippen LogP) is 4.98. The molecule has 0 unspecified atom stereocenters. The van der Waals surface area contributed by atoms with Crippen LogP contribution in [0, 0.1) is 0 Å². The van der Waals surface area contributed by atoms with Gasteiger partial charge >= 0.3 is 0 Å². The lowest BCUT2D eigenvalue weighted by Crippen LogP contribution is -2.46. The molecule has 32 heavy (non-hydrogen) atoms. The highest BCUT2D eigenvalue weighted by atomic mass is 79.9. The molecule has 0 aliphatic carbocycles. The number of likely N-dealkylation sites (N-methyl/N-ethyl adjacent to an activating group) is 1. The lowest BCUT2D eigenvalue weighted by atomic mass is 10.2. The molecule has 1 amide bonds. The fourth-order valence-corrected chi connectivity index (χ4v) is 4.11. The largest absolute Gasteiger partial charge is 0.451 e. The molecule has 0 saturated carbocycles. The van der Waals surface area contributed by atoms with Crippen LogP contribution in [0.2, 0.25) is 0 Å². The van der Waals surface area contributed by atoms with E-state index in [4.69, 9.17) is 16.6 Å². The number of hydrogen-bond acceptors (Lipinski definition) is 5. The molecule has 166 valence electrons. The van der Waals surface area contributed by atoms with Crippen molar-refractivity contribution in [2.24, 2.45) is 0 Å². The Labute approximate surface area is 201 Å². The van der Waals surface area contributed by atoms with Crippen LogP contribution in [0.4, 0.5) is 11.4 Å². The average Bonchev–Trinajstić information content (AvgIpc) is 3.31. The van der Waals surface area contributed by atoms with Crippen molar-refractivity contribution in [3.8, 4) is 11.3 Å². The fourth-order valence-electron chi connectivity index (χ4n) is 3.63. The van der Waals surface area contributed by atoms with Gasteiger partial charge in [-0.05, 0) is 67.3 Å². The lowest BCUT2D eigenvalue weighted by molar-refractivity contribution is 0.0951. The van der Waals surface area contributed by atoms with Gasteiger partial charge in [-0.15, -0.1) is 0 Å². The second-order valence-electron chi connectivity index (χ2n) is 7.55. The third-order valence-corrected chi connectivity index (χ3v) is 6.23. The van der Waals surface area contributed by atoms with E-state index in [9.17, 15) is 4.79 Å². The van der Waals surface area contributed by atoms with Gasteiger partial charge in [0.2, 0.25) is 0 Å². The van der Waals surface area contributed by atoms with Crippen molar-refractivity contribution >= 4 is 50.5 Å². The Balaban J connectivity index is 1.31. The average molecular weight is 513 g/mol. The molecule has 1 fully saturated rings. The Morgan fingerprint density at radius 3 is 2.34 bits per heavy atom. The third-order valence-electron chi connectivity index (χ3n) is 5.50. The van der Waals surface area contributed by atoms with Gasteiger partial charge in [0.15, 0.2) is 10.9 Å². The molecular formula is C24H25BrN4O2S. The molecule has 1 aliphatic heterocycles. The maximum Gasteiger partial charge on any atom is 0.293 e. The van der Waals surface area contributed by atoms with E-state index in [-0.39, 0.29) is 10.9 Å². The Hall–Kier alpha value is -2.68. The first-order valence-corrected chi connectivity index (χ1v) is 11.8. The number of hydrogen-bond donors (Lipinski definition) is 2. The van der Waals surface area contributed by atoms with Crippen LogP contribution in [-0.2, 0) is 0 Å². The van der Waals surface area contributed by atoms with Gasteiger partial charge in [-0.3, -0.25) is 10.1 Å². The van der Waals surface area contributed by atoms with E-state index in [1.165, 1.54) is 5.69 Å². The number of nitrogens with zero attached hydrogens (tertiary/aromatic N) is 2. The quantitative estimate of drug-likeness (QED) is 0.470. The number of carbonyl (C=O) groups excluding carboxylic acids is 1. The van der Waals surface area contributed by atoms with E-state index >= 15 is 0 Å². The summed E-state index contributed by atoms with van der Waals surface area (Å²) in [5.74, 6) is 0.432. The van der Waals surface area contributed by atoms with E-state index in [0.717, 1.165) is 48.4 Å². The zero-order chi connectivity index (χ0) is 22.5. The number of anilines is 2. The molecule has 0 spiro atoms. The number of thiocarbonyl (C=S) groups is 1. The van der Waals surface area contributed by atoms with Crippen LogP contribution in [-0.4, -0.2) is 48.6 Å². The Kier molecular flexibility index (Phi) is 7.24. The van der Waals surface area contributed by atoms with Gasteiger partial charge < -0.3 is 19.5 Å². The number of benzene rings is 2. The van der Waals surface area contributed by atoms with Crippen molar-refractivity contribution in [3.05, 3.63) is 70.9 Å². The molecule has 6 nitrogen and oxygen atoms in total. The molecule has 1 aromatic heterocycles. The summed E-state index contributed by atoms with van der Waals surface area (Å²) in [5, 5.41) is 5.95. The van der Waals surface area contributed by atoms with Gasteiger partial charge in [-0.1, -0.05) is 35.0 Å². The van der Waals surface area contributed by atoms with Crippen LogP contribution in [0.3, 0.4) is 0 Å². The summed E-state index contributed by atoms with van der Waals surface area (Å²) in [6.45, 7) is 7.53. The lowest BCUT2D eigenvalue weighted by Gasteiger charge is -2.35. The van der Waals surface area contributed by atoms with Gasteiger partial charge in [-0.2, -0.15) is 0 Å². The van der Waals surface area contributed by atoms with E-state index in [1.54, 1.807) is 12.1 Å². The molecular weight excluding hydrogens is 488 g/mol. The molecule has 3 aromatic rings. The Morgan fingerprint density at radius 1 is 1.00 bits per heavy atom. The SMILES string of the molecule is CCN1CCN(c2ccc(NC(=S)NC(=O)c3ccc(-c4ccc(Br)cc4)o3)cc2)CC1. The molecule has 8 heteroatoms. The maximum atomic E-state index is 12.5. The minimum Gasteiger partial charge on any atom is -0.451 e. The van der Waals surface area contributed by atoms with E-state index in [0.29, 0.717) is 5.76 Å². The topological polar surface area (TPSA) is 60.8 Å². The molecule has 0 bridgehead atoms. The smallest absolute Gasteiger partial charge is 0.293 e. The number of piperazine rings is 1. The van der Waals surface area contributed by atoms with Crippen molar-refractivity contribution in [1.29, 1.82) is 0 Å². The van der Waals surface area contributed by atoms with Gasteiger partial charge in [0.25, 0.3) is 5.91 Å². The normalized spacial score (nSPS) is 14.2. The van der Waals surface area contributed by atoms with E-state index in [1.807, 2.05) is 36.4 Å². The molecule has 2 aromatic carbocycles. The Bertz CT molecular complexity index is 1070. The minimum absolute atomic E-state index is 0.202. The number of halogens is 1. The van der Waals surface area contributed by atoms with E-state index in [2.05, 4.69) is 55.4 Å². The fraction of sp³-hybridized carbons (Fsp3) is 0.250. The summed E-state index contributed by atoms with van der Waals surface area (Å²) < 4.78 is 6.68. The van der Waals surface area contributed by atoms with Crippen LogP contribution in [0.5, 0.6) is 0 Å². The highest BCUT2D eigenvalue weighted by molar-refractivity contribution is 9.10. The zero-order valence-electron chi connectivity index (χ0n) is 17.8. The van der Waals surface area contributed by atoms with Crippen LogP contribution in [0.15, 0.2) is 69.6 Å². The number of carbonyl (C=O) groups is 1. The van der Waals surface area contributed by atoms with E-state index < -0.39 is 5.91 Å². The first-order chi connectivity index (χ1) is 15.5. The number of furan rings is 1. The van der Waals surface area contributed by atoms with Crippen LogP contribution in [0.25, 0.3) is 11.3 Å². The molecule has 1 aliphatic rings. The van der Waals surface area contributed by atoms with Crippen molar-refractivity contribution in [2.75, 3.05) is 42.9 Å². The van der Waals surface area contributed by atoms with Gasteiger partial charge in [0.1, 0.15) is 5.76 Å². The second-order valence-corrected chi connectivity index (χ2v) is 8.87. The maximum absolute atomic E-state index is 12.5. The van der Waals surface area contributed by atoms with Crippen LogP contribution < -0.4 is 15.5 Å². The summed E-state index contributed by atoms with van der Waals surface area (Å²) >= 11 is 8.71. The molecule has 4 rings (SSSR count). The first kappa shape index (κ1) is 22.5. The summed E-state index contributed by atoms with van der Waals surface area (Å²) in [7, 11) is 0. The number of nitrogens with one attached hydrogen (secondary N) is 2. The number of amides is 1. The summed E-state index contributed by atoms with van der Waals surface area (Å²) in [6, 6.07) is 19.2. The molecule has 0 radical (unpaired) electrons. The predicted molar refractivity (Wildman–Crippen MR) is 136 cm³/mol. The summed E-state index contributed by atoms with van der Waals surface area (Å²) in [5.41, 5.74) is 2.91. The molecule has 2 heterocycles. The highest BCUT2D eigenvalue weighted by Gasteiger charge is 2.16. The van der Waals surface area contributed by atoms with Crippen molar-refractivity contribution in [1.82, 2.24) is 10.2 Å². The molecule has 1 saturated heterocycles. The zero-order valence-corrected chi connectivity index (χ0v) is 20.2. The first-order valence-electron chi connectivity index (χ1n) is 10.6. The minimum atomic E-state index is -0.392. The second kappa shape index (κ2) is 10.3. The summed E-state index contributed by atoms with van der Waals surface area (Å²) in [4.78, 5) is 17.3. The molecule has 0 atom stereocenters.